The van der Waals surface area contributed by atoms with Crippen LogP contribution in [0.15, 0.2) is 36.4 Å². The molecule has 2 aromatic rings. The summed E-state index contributed by atoms with van der Waals surface area (Å²) in [5.74, 6) is 0.0561. The van der Waals surface area contributed by atoms with Crippen LogP contribution in [0.5, 0.6) is 0 Å². The molecule has 1 aromatic heterocycles. The predicted octanol–water partition coefficient (Wildman–Crippen LogP) is 9.45. The summed E-state index contributed by atoms with van der Waals surface area (Å²) in [6, 6.07) is 7.64. The van der Waals surface area contributed by atoms with Gasteiger partial charge in [0.1, 0.15) is 5.52 Å². The van der Waals surface area contributed by atoms with E-state index in [0.29, 0.717) is 6.42 Å². The largest absolute Gasteiger partial charge is 0.273 e. The number of fused-ring (bicyclic) bond motifs is 1. The standard InChI is InChI=1S/C30H49N3O/c1-2-3-4-5-6-7-8-9-10-11-12-13-14-15-16-17-18-19-20-21-22-27-30(34)33-29-26-24-23-25-28(29)31-32-33/h11-12,23-26H,2-10,13-22,27H2,1H3/b12-11+. The van der Waals surface area contributed by atoms with Crippen molar-refractivity contribution in [3.05, 3.63) is 36.4 Å². The quantitative estimate of drug-likeness (QED) is 0.136. The molecule has 0 radical (unpaired) electrons. The van der Waals surface area contributed by atoms with Gasteiger partial charge in [0.2, 0.25) is 5.91 Å². The van der Waals surface area contributed by atoms with Crippen LogP contribution < -0.4 is 0 Å². The molecule has 0 aliphatic carbocycles. The molecule has 0 aliphatic heterocycles. The second-order valence-electron chi connectivity index (χ2n) is 9.84. The average Bonchev–Trinajstić information content (AvgIpc) is 3.29. The first kappa shape index (κ1) is 28.3. The lowest BCUT2D eigenvalue weighted by Crippen LogP contribution is -2.12. The lowest BCUT2D eigenvalue weighted by atomic mass is 10.1. The van der Waals surface area contributed by atoms with E-state index in [0.717, 1.165) is 23.9 Å². The molecule has 1 aromatic carbocycles. The zero-order chi connectivity index (χ0) is 24.1. The van der Waals surface area contributed by atoms with E-state index < -0.39 is 0 Å². The van der Waals surface area contributed by atoms with E-state index in [4.69, 9.17) is 0 Å². The molecule has 0 saturated heterocycles. The van der Waals surface area contributed by atoms with Gasteiger partial charge in [-0.2, -0.15) is 4.68 Å². The van der Waals surface area contributed by atoms with Crippen molar-refractivity contribution in [3.63, 3.8) is 0 Å². The van der Waals surface area contributed by atoms with Crippen LogP contribution in [0.1, 0.15) is 140 Å². The molecule has 0 N–H and O–H groups in total. The van der Waals surface area contributed by atoms with E-state index in [1.54, 1.807) is 0 Å². The third kappa shape index (κ3) is 12.5. The molecule has 0 atom stereocenters. The third-order valence-electron chi connectivity index (χ3n) is 6.74. The second kappa shape index (κ2) is 19.3. The van der Waals surface area contributed by atoms with Gasteiger partial charge < -0.3 is 0 Å². The fraction of sp³-hybridized carbons (Fsp3) is 0.700. The Labute approximate surface area is 208 Å². The number of para-hydroxylation sites is 1. The normalized spacial score (nSPS) is 11.7. The first-order valence-corrected chi connectivity index (χ1v) is 14.3. The number of carbonyl (C=O) groups is 1. The van der Waals surface area contributed by atoms with Gasteiger partial charge in [0.25, 0.3) is 0 Å². The number of carbonyl (C=O) groups excluding carboxylic acids is 1. The van der Waals surface area contributed by atoms with Crippen LogP contribution in [0.4, 0.5) is 0 Å². The van der Waals surface area contributed by atoms with Gasteiger partial charge in [-0.15, -0.1) is 5.10 Å². The average molecular weight is 468 g/mol. The van der Waals surface area contributed by atoms with Gasteiger partial charge in [-0.05, 0) is 44.2 Å². The summed E-state index contributed by atoms with van der Waals surface area (Å²) in [6.07, 6.45) is 30.5. The molecule has 0 fully saturated rings. The van der Waals surface area contributed by atoms with E-state index in [1.165, 1.54) is 114 Å². The molecule has 1 heterocycles. The monoisotopic (exact) mass is 467 g/mol. The molecule has 190 valence electrons. The van der Waals surface area contributed by atoms with E-state index in [1.807, 2.05) is 24.3 Å². The van der Waals surface area contributed by atoms with Gasteiger partial charge in [-0.25, -0.2) is 0 Å². The van der Waals surface area contributed by atoms with Gasteiger partial charge in [0.15, 0.2) is 0 Å². The highest BCUT2D eigenvalue weighted by molar-refractivity contribution is 5.88. The number of unbranched alkanes of at least 4 members (excludes halogenated alkanes) is 17. The van der Waals surface area contributed by atoms with Crippen LogP contribution in [-0.2, 0) is 0 Å². The SMILES string of the molecule is CCCCCCCCCC/C=C/CCCCCCCCCCCC(=O)n1nnc2ccccc21. The fourth-order valence-corrected chi connectivity index (χ4v) is 4.57. The Morgan fingerprint density at radius 1 is 0.706 bits per heavy atom. The van der Waals surface area contributed by atoms with Crippen molar-refractivity contribution >= 4 is 16.9 Å². The highest BCUT2D eigenvalue weighted by Gasteiger charge is 2.10. The fourth-order valence-electron chi connectivity index (χ4n) is 4.57. The van der Waals surface area contributed by atoms with Crippen molar-refractivity contribution in [3.8, 4) is 0 Å². The van der Waals surface area contributed by atoms with Crippen LogP contribution in [0.25, 0.3) is 11.0 Å². The first-order chi connectivity index (χ1) is 16.8. The molecule has 34 heavy (non-hydrogen) atoms. The van der Waals surface area contributed by atoms with E-state index in [9.17, 15) is 4.79 Å². The minimum Gasteiger partial charge on any atom is -0.273 e. The molecule has 2 rings (SSSR count). The lowest BCUT2D eigenvalue weighted by Gasteiger charge is -2.03. The molecule has 0 amide bonds. The van der Waals surface area contributed by atoms with Crippen LogP contribution in [0.3, 0.4) is 0 Å². The van der Waals surface area contributed by atoms with Crippen molar-refractivity contribution in [2.24, 2.45) is 0 Å². The Morgan fingerprint density at radius 2 is 1.21 bits per heavy atom. The van der Waals surface area contributed by atoms with Crippen molar-refractivity contribution in [1.29, 1.82) is 0 Å². The van der Waals surface area contributed by atoms with Gasteiger partial charge >= 0.3 is 0 Å². The number of allylic oxidation sites excluding steroid dienone is 2. The third-order valence-corrected chi connectivity index (χ3v) is 6.74. The van der Waals surface area contributed by atoms with Crippen molar-refractivity contribution in [1.82, 2.24) is 15.0 Å². The number of rotatable bonds is 21. The lowest BCUT2D eigenvalue weighted by molar-refractivity contribution is 0.0886. The van der Waals surface area contributed by atoms with Crippen LogP contribution in [0, 0.1) is 0 Å². The molecule has 0 bridgehead atoms. The van der Waals surface area contributed by atoms with Crippen LogP contribution >= 0.6 is 0 Å². The summed E-state index contributed by atoms with van der Waals surface area (Å²) >= 11 is 0. The highest BCUT2D eigenvalue weighted by atomic mass is 16.2. The molecule has 0 unspecified atom stereocenters. The molecule has 0 aliphatic rings. The maximum Gasteiger partial charge on any atom is 0.248 e. The number of hydrogen-bond donors (Lipinski definition) is 0. The van der Waals surface area contributed by atoms with Gasteiger partial charge in [-0.3, -0.25) is 4.79 Å². The van der Waals surface area contributed by atoms with Crippen molar-refractivity contribution in [2.75, 3.05) is 0 Å². The van der Waals surface area contributed by atoms with Crippen LogP contribution in [0.2, 0.25) is 0 Å². The highest BCUT2D eigenvalue weighted by Crippen LogP contribution is 2.14. The second-order valence-corrected chi connectivity index (χ2v) is 9.84. The summed E-state index contributed by atoms with van der Waals surface area (Å²) in [5, 5.41) is 8.08. The summed E-state index contributed by atoms with van der Waals surface area (Å²) in [4.78, 5) is 12.4. The minimum atomic E-state index is 0.0561. The Bertz CT molecular complexity index is 795. The number of benzene rings is 1. The molecule has 0 saturated carbocycles. The molecular formula is C30H49N3O. The summed E-state index contributed by atoms with van der Waals surface area (Å²) in [7, 11) is 0. The van der Waals surface area contributed by atoms with Gasteiger partial charge in [-0.1, -0.05) is 126 Å². The van der Waals surface area contributed by atoms with Gasteiger partial charge in [0.05, 0.1) is 5.52 Å². The topological polar surface area (TPSA) is 47.8 Å². The predicted molar refractivity (Wildman–Crippen MR) is 145 cm³/mol. The maximum atomic E-state index is 12.4. The van der Waals surface area contributed by atoms with E-state index in [-0.39, 0.29) is 5.91 Å². The molecule has 0 spiro atoms. The van der Waals surface area contributed by atoms with Crippen molar-refractivity contribution < 1.29 is 4.79 Å². The van der Waals surface area contributed by atoms with E-state index in [2.05, 4.69) is 29.4 Å². The summed E-state index contributed by atoms with van der Waals surface area (Å²) < 4.78 is 1.46. The van der Waals surface area contributed by atoms with Crippen molar-refractivity contribution in [2.45, 2.75) is 135 Å². The van der Waals surface area contributed by atoms with E-state index >= 15 is 0 Å². The van der Waals surface area contributed by atoms with Gasteiger partial charge in [0, 0.05) is 6.42 Å². The Morgan fingerprint density at radius 3 is 1.79 bits per heavy atom. The smallest absolute Gasteiger partial charge is 0.248 e. The number of aromatic nitrogens is 3. The van der Waals surface area contributed by atoms with Crippen LogP contribution in [-0.4, -0.2) is 20.9 Å². The zero-order valence-electron chi connectivity index (χ0n) is 21.9. The maximum absolute atomic E-state index is 12.4. The molecule has 4 nitrogen and oxygen atoms in total. The Kier molecular flexibility index (Phi) is 16.1. The molecular weight excluding hydrogens is 418 g/mol. The molecule has 4 heteroatoms. The Hall–Kier alpha value is -1.97. The number of nitrogens with zero attached hydrogens (tertiary/aromatic N) is 3. The first-order valence-electron chi connectivity index (χ1n) is 14.3. The Balaban J connectivity index is 1.31. The summed E-state index contributed by atoms with van der Waals surface area (Å²) in [5.41, 5.74) is 1.59. The number of hydrogen-bond acceptors (Lipinski definition) is 3. The minimum absolute atomic E-state index is 0.0561. The summed E-state index contributed by atoms with van der Waals surface area (Å²) in [6.45, 7) is 2.28. The zero-order valence-corrected chi connectivity index (χ0v) is 21.9.